The Labute approximate surface area is 190 Å². The van der Waals surface area contributed by atoms with Crippen molar-refractivity contribution in [2.75, 3.05) is 13.7 Å². The summed E-state index contributed by atoms with van der Waals surface area (Å²) in [4.78, 5) is 15.8. The van der Waals surface area contributed by atoms with Gasteiger partial charge in [0.2, 0.25) is 0 Å². The molecule has 0 unspecified atom stereocenters. The van der Waals surface area contributed by atoms with Crippen LogP contribution in [-0.2, 0) is 32.6 Å². The van der Waals surface area contributed by atoms with Crippen molar-refractivity contribution in [2.45, 2.75) is 23.9 Å². The minimum absolute atomic E-state index is 0.0741. The number of fused-ring (bicyclic) bond motifs is 1. The maximum atomic E-state index is 12.3. The van der Waals surface area contributed by atoms with Crippen LogP contribution in [0, 0.1) is 0 Å². The van der Waals surface area contributed by atoms with E-state index in [1.54, 1.807) is 29.5 Å². The van der Waals surface area contributed by atoms with Crippen LogP contribution in [0.2, 0.25) is 5.02 Å². The molecule has 2 aromatic carbocycles. The van der Waals surface area contributed by atoms with Crippen LogP contribution in [0.3, 0.4) is 0 Å². The van der Waals surface area contributed by atoms with E-state index < -0.39 is 16.2 Å². The van der Waals surface area contributed by atoms with Crippen molar-refractivity contribution >= 4 is 39.0 Å². The molecule has 31 heavy (non-hydrogen) atoms. The van der Waals surface area contributed by atoms with Crippen molar-refractivity contribution in [3.05, 3.63) is 87.1 Å². The molecule has 0 bridgehead atoms. The van der Waals surface area contributed by atoms with Gasteiger partial charge in [-0.25, -0.2) is 4.79 Å². The minimum atomic E-state index is -4.00. The molecule has 1 aliphatic heterocycles. The molecule has 0 spiro atoms. The van der Waals surface area contributed by atoms with E-state index in [2.05, 4.69) is 16.3 Å². The van der Waals surface area contributed by atoms with Gasteiger partial charge in [-0.15, -0.1) is 11.3 Å². The fourth-order valence-electron chi connectivity index (χ4n) is 3.36. The molecule has 0 amide bonds. The highest BCUT2D eigenvalue weighted by molar-refractivity contribution is 7.85. The molecule has 0 aliphatic carbocycles. The molecule has 164 valence electrons. The number of ether oxygens (including phenoxy) is 1. The zero-order valence-corrected chi connectivity index (χ0v) is 19.2. The third-order valence-corrected chi connectivity index (χ3v) is 7.10. The first-order valence-corrected chi connectivity index (χ1v) is 12.1. The summed E-state index contributed by atoms with van der Waals surface area (Å²) in [5.41, 5.74) is 2.11. The van der Waals surface area contributed by atoms with Crippen LogP contribution in [0.25, 0.3) is 0 Å². The molecule has 0 saturated heterocycles. The Morgan fingerprint density at radius 2 is 1.81 bits per heavy atom. The first kappa shape index (κ1) is 23.4. The number of carbonyl (C=O) groups is 1. The lowest BCUT2D eigenvalue weighted by Gasteiger charge is -2.33. The Kier molecular flexibility index (Phi) is 7.85. The highest BCUT2D eigenvalue weighted by Gasteiger charge is 2.32. The standard InChI is InChI=1S/C16H16ClNO2S.C6H6O3S/c1-20-16(19)15(12-4-2-3-5-13(12)17)18-8-6-14-11(10-18)7-9-21-14;7-10(8,9)6-4-2-1-3-5-6/h2-5,7,9,15H,6,8,10H2,1H3;1-5H,(H,7,8,9)/t15-;/m0./s1. The van der Waals surface area contributed by atoms with Gasteiger partial charge in [-0.1, -0.05) is 48.0 Å². The normalized spacial score (nSPS) is 14.7. The van der Waals surface area contributed by atoms with Gasteiger partial charge >= 0.3 is 5.97 Å². The van der Waals surface area contributed by atoms with Gasteiger partial charge in [0.15, 0.2) is 0 Å². The first-order valence-electron chi connectivity index (χ1n) is 9.45. The van der Waals surface area contributed by atoms with Crippen molar-refractivity contribution in [2.24, 2.45) is 0 Å². The number of esters is 1. The highest BCUT2D eigenvalue weighted by Crippen LogP contribution is 2.33. The number of halogens is 1. The fourth-order valence-corrected chi connectivity index (χ4v) is 4.99. The number of carbonyl (C=O) groups excluding carboxylic acids is 1. The maximum absolute atomic E-state index is 12.3. The number of methoxy groups -OCH3 is 1. The fraction of sp³-hybridized carbons (Fsp3) is 0.227. The number of rotatable bonds is 4. The van der Waals surface area contributed by atoms with E-state index >= 15 is 0 Å². The lowest BCUT2D eigenvalue weighted by Crippen LogP contribution is -2.38. The SMILES string of the molecule is COC(=O)[C@H](c1ccccc1Cl)N1CCc2sccc2C1.O=S(=O)(O)c1ccccc1. The van der Waals surface area contributed by atoms with E-state index in [1.165, 1.54) is 29.7 Å². The summed E-state index contributed by atoms with van der Waals surface area (Å²) in [5.74, 6) is -0.262. The smallest absolute Gasteiger partial charge is 0.327 e. The monoisotopic (exact) mass is 479 g/mol. The quantitative estimate of drug-likeness (QED) is 0.434. The largest absolute Gasteiger partial charge is 0.468 e. The summed E-state index contributed by atoms with van der Waals surface area (Å²) < 4.78 is 34.2. The van der Waals surface area contributed by atoms with E-state index in [1.807, 2.05) is 24.3 Å². The second-order valence-electron chi connectivity index (χ2n) is 6.82. The molecule has 0 radical (unpaired) electrons. The van der Waals surface area contributed by atoms with Gasteiger partial charge in [0.25, 0.3) is 10.1 Å². The van der Waals surface area contributed by atoms with Crippen LogP contribution in [0.15, 0.2) is 70.9 Å². The van der Waals surface area contributed by atoms with E-state index in [0.717, 1.165) is 25.1 Å². The lowest BCUT2D eigenvalue weighted by atomic mass is 10.0. The van der Waals surface area contributed by atoms with Gasteiger partial charge in [0.05, 0.1) is 12.0 Å². The Morgan fingerprint density at radius 3 is 2.42 bits per heavy atom. The second-order valence-corrected chi connectivity index (χ2v) is 9.65. The number of nitrogens with zero attached hydrogens (tertiary/aromatic N) is 1. The summed E-state index contributed by atoms with van der Waals surface area (Å²) in [6, 6.07) is 16.6. The Balaban J connectivity index is 0.000000229. The lowest BCUT2D eigenvalue weighted by molar-refractivity contribution is -0.147. The Bertz CT molecular complexity index is 1130. The third kappa shape index (κ3) is 5.93. The molecular weight excluding hydrogens is 458 g/mol. The molecule has 3 aromatic rings. The summed E-state index contributed by atoms with van der Waals surface area (Å²) >= 11 is 8.07. The van der Waals surface area contributed by atoms with Gasteiger partial charge in [-0.05, 0) is 47.2 Å². The molecule has 0 saturated carbocycles. The molecule has 1 aliphatic rings. The van der Waals surface area contributed by atoms with E-state index in [0.29, 0.717) is 5.02 Å². The molecular formula is C22H22ClNO5S2. The zero-order chi connectivity index (χ0) is 22.4. The molecule has 6 nitrogen and oxygen atoms in total. The molecule has 2 heterocycles. The summed E-state index contributed by atoms with van der Waals surface area (Å²) in [5, 5.41) is 2.71. The van der Waals surface area contributed by atoms with E-state index in [-0.39, 0.29) is 10.9 Å². The van der Waals surface area contributed by atoms with E-state index in [9.17, 15) is 13.2 Å². The van der Waals surface area contributed by atoms with Gasteiger partial charge in [-0.2, -0.15) is 8.42 Å². The summed E-state index contributed by atoms with van der Waals surface area (Å²) in [6.07, 6.45) is 0.963. The van der Waals surface area contributed by atoms with Crippen LogP contribution in [0.1, 0.15) is 22.0 Å². The third-order valence-electron chi connectivity index (χ3n) is 4.87. The van der Waals surface area contributed by atoms with E-state index in [4.69, 9.17) is 20.9 Å². The van der Waals surface area contributed by atoms with Crippen LogP contribution in [-0.4, -0.2) is 37.5 Å². The molecule has 0 fully saturated rings. The van der Waals surface area contributed by atoms with Crippen molar-refractivity contribution < 1.29 is 22.5 Å². The summed E-state index contributed by atoms with van der Waals surface area (Å²) in [7, 11) is -2.58. The Morgan fingerprint density at radius 1 is 1.13 bits per heavy atom. The highest BCUT2D eigenvalue weighted by atomic mass is 35.5. The maximum Gasteiger partial charge on any atom is 0.327 e. The number of hydrogen-bond acceptors (Lipinski definition) is 6. The number of benzene rings is 2. The molecule has 9 heteroatoms. The van der Waals surface area contributed by atoms with Crippen molar-refractivity contribution in [1.29, 1.82) is 0 Å². The Hall–Kier alpha value is -2.23. The van der Waals surface area contributed by atoms with Gasteiger partial charge in [0, 0.05) is 23.0 Å². The van der Waals surface area contributed by atoms with Crippen LogP contribution >= 0.6 is 22.9 Å². The van der Waals surface area contributed by atoms with Crippen LogP contribution in [0.4, 0.5) is 0 Å². The first-order chi connectivity index (χ1) is 14.8. The van der Waals surface area contributed by atoms with Gasteiger partial charge < -0.3 is 4.74 Å². The van der Waals surface area contributed by atoms with Gasteiger partial charge in [-0.3, -0.25) is 9.45 Å². The van der Waals surface area contributed by atoms with Crippen molar-refractivity contribution in [3.63, 3.8) is 0 Å². The van der Waals surface area contributed by atoms with Gasteiger partial charge in [0.1, 0.15) is 6.04 Å². The average Bonchev–Trinajstić information content (AvgIpc) is 3.24. The van der Waals surface area contributed by atoms with Crippen LogP contribution < -0.4 is 0 Å². The predicted molar refractivity (Wildman–Crippen MR) is 121 cm³/mol. The zero-order valence-electron chi connectivity index (χ0n) is 16.8. The minimum Gasteiger partial charge on any atom is -0.468 e. The average molecular weight is 480 g/mol. The second kappa shape index (κ2) is 10.4. The van der Waals surface area contributed by atoms with Crippen molar-refractivity contribution in [1.82, 2.24) is 4.90 Å². The summed E-state index contributed by atoms with van der Waals surface area (Å²) in [6.45, 7) is 1.59. The molecule has 1 N–H and O–H groups in total. The molecule has 1 aromatic heterocycles. The van der Waals surface area contributed by atoms with Crippen LogP contribution in [0.5, 0.6) is 0 Å². The molecule has 4 rings (SSSR count). The number of thiophene rings is 1. The predicted octanol–water partition coefficient (Wildman–Crippen LogP) is 4.61. The number of hydrogen-bond donors (Lipinski definition) is 1. The van der Waals surface area contributed by atoms with Crippen molar-refractivity contribution in [3.8, 4) is 0 Å². The topological polar surface area (TPSA) is 83.9 Å². The molecule has 1 atom stereocenters.